The molecule has 0 radical (unpaired) electrons. The predicted molar refractivity (Wildman–Crippen MR) is 109 cm³/mol. The van der Waals surface area contributed by atoms with Crippen LogP contribution in [0.3, 0.4) is 0 Å². The Balaban J connectivity index is 1.88. The number of hydrogen-bond acceptors (Lipinski definition) is 12. The van der Waals surface area contributed by atoms with Gasteiger partial charge >= 0.3 is 0 Å². The minimum absolute atomic E-state index is 0.309. The third-order valence-electron chi connectivity index (χ3n) is 5.50. The fourth-order valence-corrected chi connectivity index (χ4v) is 3.73. The van der Waals surface area contributed by atoms with Crippen molar-refractivity contribution in [3.63, 3.8) is 0 Å². The lowest BCUT2D eigenvalue weighted by molar-refractivity contribution is -0.339. The van der Waals surface area contributed by atoms with Crippen LogP contribution in [0.5, 0.6) is 5.75 Å². The van der Waals surface area contributed by atoms with Gasteiger partial charge < -0.3 is 60.6 Å². The molecule has 1 amide bonds. The summed E-state index contributed by atoms with van der Waals surface area (Å²) in [4.78, 5) is 11.9. The first-order chi connectivity index (χ1) is 15.7. The molecule has 10 atom stereocenters. The van der Waals surface area contributed by atoms with Crippen LogP contribution in [-0.4, -0.2) is 111 Å². The molecule has 0 spiro atoms. The third kappa shape index (κ3) is 5.71. The zero-order chi connectivity index (χ0) is 24.3. The minimum atomic E-state index is -1.75. The van der Waals surface area contributed by atoms with E-state index in [4.69, 9.17) is 24.7 Å². The molecule has 1 aromatic carbocycles. The van der Waals surface area contributed by atoms with Gasteiger partial charge in [-0.1, -0.05) is 0 Å². The highest BCUT2D eigenvalue weighted by molar-refractivity contribution is 5.73. The molecule has 2 aliphatic rings. The number of aliphatic hydroxyl groups excluding tert-OH is 6. The predicted octanol–water partition coefficient (Wildman–Crippen LogP) is -3.58. The molecule has 0 aromatic heterocycles. The lowest BCUT2D eigenvalue weighted by Gasteiger charge is -2.47. The minimum Gasteiger partial charge on any atom is -0.463 e. The van der Waals surface area contributed by atoms with Crippen molar-refractivity contribution in [3.05, 3.63) is 24.3 Å². The Labute approximate surface area is 189 Å². The van der Waals surface area contributed by atoms with E-state index in [2.05, 4.69) is 5.32 Å². The molecule has 0 bridgehead atoms. The number of nitrogen functional groups attached to an aromatic ring is 1. The van der Waals surface area contributed by atoms with Crippen LogP contribution in [0.1, 0.15) is 6.92 Å². The molecular formula is C20H30N2O11. The quantitative estimate of drug-likeness (QED) is 0.180. The zero-order valence-corrected chi connectivity index (χ0v) is 17.8. The van der Waals surface area contributed by atoms with Crippen LogP contribution < -0.4 is 15.8 Å². The molecule has 0 saturated carbocycles. The second-order valence-corrected chi connectivity index (χ2v) is 7.93. The SMILES string of the molecule is CC(=O)N[C@H]1[C@H](Oc2ccc(N)cc2)O[C@H](CO)[C@H](O)[C@@H]1O[C@@H]1O[C@H](CO)[C@H](O)[C@H](O)[C@H]1O. The summed E-state index contributed by atoms with van der Waals surface area (Å²) in [6.45, 7) is -0.0990. The van der Waals surface area contributed by atoms with Crippen molar-refractivity contribution < 1.29 is 54.4 Å². The Morgan fingerprint density at radius 3 is 2.09 bits per heavy atom. The molecule has 2 heterocycles. The fourth-order valence-electron chi connectivity index (χ4n) is 3.73. The van der Waals surface area contributed by atoms with E-state index in [0.717, 1.165) is 0 Å². The molecule has 0 unspecified atom stereocenters. The smallest absolute Gasteiger partial charge is 0.223 e. The van der Waals surface area contributed by atoms with E-state index in [1.165, 1.54) is 6.92 Å². The van der Waals surface area contributed by atoms with E-state index in [1.54, 1.807) is 24.3 Å². The summed E-state index contributed by atoms with van der Waals surface area (Å²) in [7, 11) is 0. The highest BCUT2D eigenvalue weighted by Gasteiger charge is 2.52. The van der Waals surface area contributed by atoms with Crippen LogP contribution in [0, 0.1) is 0 Å². The zero-order valence-electron chi connectivity index (χ0n) is 17.8. The molecule has 13 nitrogen and oxygen atoms in total. The Bertz CT molecular complexity index is 780. The Morgan fingerprint density at radius 1 is 0.939 bits per heavy atom. The van der Waals surface area contributed by atoms with Crippen LogP contribution in [0.25, 0.3) is 0 Å². The molecule has 0 aliphatic carbocycles. The molecule has 2 fully saturated rings. The number of carbonyl (C=O) groups excluding carboxylic acids is 1. The van der Waals surface area contributed by atoms with Crippen molar-refractivity contribution in [3.8, 4) is 5.75 Å². The number of aliphatic hydroxyl groups is 6. The molecular weight excluding hydrogens is 444 g/mol. The molecule has 33 heavy (non-hydrogen) atoms. The van der Waals surface area contributed by atoms with Crippen molar-refractivity contribution in [2.75, 3.05) is 18.9 Å². The lowest BCUT2D eigenvalue weighted by Crippen LogP contribution is -2.68. The second-order valence-electron chi connectivity index (χ2n) is 7.93. The first-order valence-corrected chi connectivity index (χ1v) is 10.4. The van der Waals surface area contributed by atoms with Crippen LogP contribution in [0.2, 0.25) is 0 Å². The average molecular weight is 474 g/mol. The monoisotopic (exact) mass is 474 g/mol. The number of amides is 1. The number of hydrogen-bond donors (Lipinski definition) is 8. The molecule has 3 rings (SSSR count). The normalized spacial score (nSPS) is 39.1. The molecule has 13 heteroatoms. The van der Waals surface area contributed by atoms with E-state index in [1.807, 2.05) is 0 Å². The summed E-state index contributed by atoms with van der Waals surface area (Å²) < 4.78 is 22.5. The summed E-state index contributed by atoms with van der Waals surface area (Å²) in [5, 5.41) is 62.7. The van der Waals surface area contributed by atoms with E-state index in [0.29, 0.717) is 11.4 Å². The topological polar surface area (TPSA) is 213 Å². The van der Waals surface area contributed by atoms with Crippen LogP contribution >= 0.6 is 0 Å². The van der Waals surface area contributed by atoms with E-state index >= 15 is 0 Å². The van der Waals surface area contributed by atoms with Gasteiger partial charge in [0, 0.05) is 12.6 Å². The number of benzene rings is 1. The fraction of sp³-hybridized carbons (Fsp3) is 0.650. The Hall–Kier alpha value is -2.07. The molecule has 1 aromatic rings. The highest BCUT2D eigenvalue weighted by Crippen LogP contribution is 2.30. The van der Waals surface area contributed by atoms with Crippen molar-refractivity contribution >= 4 is 11.6 Å². The van der Waals surface area contributed by atoms with Crippen molar-refractivity contribution in [1.82, 2.24) is 5.32 Å². The van der Waals surface area contributed by atoms with Crippen LogP contribution in [0.15, 0.2) is 24.3 Å². The standard InChI is InChI=1S/C20H30N2O11/c1-8(25)22-13-18(33-20-17(29)16(28)14(26)11(6-23)32-20)15(27)12(7-24)31-19(13)30-10-4-2-9(21)3-5-10/h2-5,11-20,23-24,26-29H,6-7,21H2,1H3,(H,22,25)/t11-,12-,13-,14+,15+,16+,17-,18-,19-,20+/m1/s1. The van der Waals surface area contributed by atoms with E-state index < -0.39 is 80.5 Å². The van der Waals surface area contributed by atoms with Gasteiger partial charge in [0.25, 0.3) is 0 Å². The maximum absolute atomic E-state index is 11.9. The number of nitrogens with one attached hydrogen (secondary N) is 1. The van der Waals surface area contributed by atoms with Crippen molar-refractivity contribution in [1.29, 1.82) is 0 Å². The number of carbonyl (C=O) groups is 1. The van der Waals surface area contributed by atoms with Crippen LogP contribution in [0.4, 0.5) is 5.69 Å². The molecule has 2 saturated heterocycles. The maximum Gasteiger partial charge on any atom is 0.223 e. The number of anilines is 1. The number of rotatable bonds is 7. The van der Waals surface area contributed by atoms with Gasteiger partial charge in [-0.25, -0.2) is 0 Å². The van der Waals surface area contributed by atoms with Crippen LogP contribution in [-0.2, 0) is 19.0 Å². The van der Waals surface area contributed by atoms with Gasteiger partial charge in [-0.15, -0.1) is 0 Å². The summed E-state index contributed by atoms with van der Waals surface area (Å²) in [6, 6.07) is 5.09. The van der Waals surface area contributed by atoms with Gasteiger partial charge in [0.2, 0.25) is 12.2 Å². The van der Waals surface area contributed by atoms with Gasteiger partial charge in [-0.3, -0.25) is 4.79 Å². The maximum atomic E-state index is 11.9. The van der Waals surface area contributed by atoms with Gasteiger partial charge in [-0.05, 0) is 24.3 Å². The van der Waals surface area contributed by atoms with Crippen molar-refractivity contribution in [2.24, 2.45) is 0 Å². The molecule has 9 N–H and O–H groups in total. The Morgan fingerprint density at radius 2 is 1.52 bits per heavy atom. The summed E-state index contributed by atoms with van der Waals surface area (Å²) in [5.41, 5.74) is 6.16. The first-order valence-electron chi connectivity index (χ1n) is 10.4. The van der Waals surface area contributed by atoms with E-state index in [-0.39, 0.29) is 0 Å². The summed E-state index contributed by atoms with van der Waals surface area (Å²) >= 11 is 0. The molecule has 186 valence electrons. The van der Waals surface area contributed by atoms with E-state index in [9.17, 15) is 35.4 Å². The average Bonchev–Trinajstić information content (AvgIpc) is 2.79. The summed E-state index contributed by atoms with van der Waals surface area (Å²) in [5.74, 6) is -0.212. The van der Waals surface area contributed by atoms with Gasteiger partial charge in [0.05, 0.1) is 13.2 Å². The lowest BCUT2D eigenvalue weighted by atomic mass is 9.95. The largest absolute Gasteiger partial charge is 0.463 e. The van der Waals surface area contributed by atoms with Gasteiger partial charge in [-0.2, -0.15) is 0 Å². The molecule has 2 aliphatic heterocycles. The highest BCUT2D eigenvalue weighted by atomic mass is 16.7. The Kier molecular flexibility index (Phi) is 8.44. The van der Waals surface area contributed by atoms with Gasteiger partial charge in [0.15, 0.2) is 6.29 Å². The van der Waals surface area contributed by atoms with Crippen molar-refractivity contribution in [2.45, 2.75) is 68.3 Å². The van der Waals surface area contributed by atoms with Gasteiger partial charge in [0.1, 0.15) is 54.5 Å². The number of nitrogens with two attached hydrogens (primary N) is 1. The number of ether oxygens (including phenoxy) is 4. The summed E-state index contributed by atoms with van der Waals surface area (Å²) in [6.07, 6.45) is -13.3. The second kappa shape index (κ2) is 10.9. The third-order valence-corrected chi connectivity index (χ3v) is 5.50. The first kappa shape index (κ1) is 25.6.